The molecule has 1 aromatic carbocycles. The van der Waals surface area contributed by atoms with Crippen LogP contribution in [-0.4, -0.2) is 11.2 Å². The molecule has 0 saturated carbocycles. The van der Waals surface area contributed by atoms with Crippen LogP contribution in [0.4, 0.5) is 5.69 Å². The number of anilines is 1. The maximum absolute atomic E-state index is 11.3. The number of hydrogen-bond acceptors (Lipinski definition) is 2. The van der Waals surface area contributed by atoms with Gasteiger partial charge in [-0.1, -0.05) is 27.5 Å². The summed E-state index contributed by atoms with van der Waals surface area (Å²) in [6.07, 6.45) is 0. The van der Waals surface area contributed by atoms with Crippen molar-refractivity contribution in [2.75, 3.05) is 5.32 Å². The van der Waals surface area contributed by atoms with E-state index in [0.29, 0.717) is 10.7 Å². The van der Waals surface area contributed by atoms with Gasteiger partial charge in [0.05, 0.1) is 16.0 Å². The quantitative estimate of drug-likeness (QED) is 0.805. The monoisotopic (exact) mass is 293 g/mol. The molecule has 0 heterocycles. The summed E-state index contributed by atoms with van der Waals surface area (Å²) in [5.74, 6) is -0.173. The fraction of sp³-hybridized carbons (Fsp3) is 0.222. The molecule has 1 aromatic rings. The Balaban J connectivity index is 2.86. The van der Waals surface area contributed by atoms with Crippen molar-refractivity contribution in [1.82, 2.24) is 0 Å². The van der Waals surface area contributed by atoms with Crippen LogP contribution in [0.5, 0.6) is 0 Å². The molecule has 0 fully saturated rings. The summed E-state index contributed by atoms with van der Waals surface area (Å²) in [5.41, 5.74) is 0.590. The Bertz CT molecular complexity index is 357. The van der Waals surface area contributed by atoms with Gasteiger partial charge in [0.1, 0.15) is 0 Å². The van der Waals surface area contributed by atoms with Crippen molar-refractivity contribution in [3.05, 3.63) is 27.7 Å². The van der Waals surface area contributed by atoms with Crippen LogP contribution in [0.3, 0.4) is 0 Å². The zero-order chi connectivity index (χ0) is 10.7. The van der Waals surface area contributed by atoms with E-state index in [4.69, 9.17) is 11.6 Å². The molecule has 0 bridgehead atoms. The minimum atomic E-state index is -0.356. The first-order valence-corrected chi connectivity index (χ1v) is 5.63. The minimum Gasteiger partial charge on any atom is -0.324 e. The second-order valence-electron chi connectivity index (χ2n) is 2.79. The lowest BCUT2D eigenvalue weighted by Crippen LogP contribution is -2.20. The lowest BCUT2D eigenvalue weighted by Gasteiger charge is -2.08. The van der Waals surface area contributed by atoms with Gasteiger partial charge in [0.15, 0.2) is 0 Å². The van der Waals surface area contributed by atoms with Gasteiger partial charge in [-0.25, -0.2) is 0 Å². The van der Waals surface area contributed by atoms with Crippen LogP contribution < -0.4 is 5.32 Å². The fourth-order valence-corrected chi connectivity index (χ4v) is 1.42. The lowest BCUT2D eigenvalue weighted by molar-refractivity contribution is -0.115. The van der Waals surface area contributed by atoms with Crippen molar-refractivity contribution in [2.24, 2.45) is 0 Å². The Morgan fingerprint density at radius 2 is 2.29 bits per heavy atom. The van der Waals surface area contributed by atoms with Gasteiger partial charge < -0.3 is 5.32 Å². The number of carbonyl (C=O) groups is 1. The van der Waals surface area contributed by atoms with E-state index in [9.17, 15) is 4.79 Å². The third-order valence-electron chi connectivity index (χ3n) is 1.57. The summed E-state index contributed by atoms with van der Waals surface area (Å²) in [4.78, 5) is 11.3. The predicted octanol–water partition coefficient (Wildman–Crippen LogP) is 3.36. The lowest BCUT2D eigenvalue weighted by atomic mass is 10.3. The van der Waals surface area contributed by atoms with Crippen LogP contribution in [0.1, 0.15) is 6.92 Å². The van der Waals surface area contributed by atoms with Crippen LogP contribution in [-0.2, 0) is 4.79 Å². The third kappa shape index (κ3) is 3.19. The Morgan fingerprint density at radius 1 is 1.64 bits per heavy atom. The van der Waals surface area contributed by atoms with Crippen molar-refractivity contribution < 1.29 is 4.79 Å². The molecular formula is C9H9BrClNOS. The molecule has 0 spiro atoms. The van der Waals surface area contributed by atoms with Gasteiger partial charge in [0, 0.05) is 4.47 Å². The fourth-order valence-electron chi connectivity index (χ4n) is 0.830. The molecule has 1 atom stereocenters. The van der Waals surface area contributed by atoms with Crippen molar-refractivity contribution in [3.8, 4) is 0 Å². The zero-order valence-electron chi connectivity index (χ0n) is 7.42. The van der Waals surface area contributed by atoms with E-state index in [-0.39, 0.29) is 11.2 Å². The molecular weight excluding hydrogens is 286 g/mol. The van der Waals surface area contributed by atoms with E-state index in [1.54, 1.807) is 19.1 Å². The number of benzene rings is 1. The second-order valence-corrected chi connectivity index (χ2v) is 4.89. The Kier molecular flexibility index (Phi) is 4.29. The SMILES string of the molecule is CC(S)C(=O)Nc1cc(Br)ccc1Cl. The zero-order valence-corrected chi connectivity index (χ0v) is 10.7. The molecule has 0 aliphatic carbocycles. The van der Waals surface area contributed by atoms with Gasteiger partial charge in [-0.3, -0.25) is 4.79 Å². The molecule has 14 heavy (non-hydrogen) atoms. The normalized spacial score (nSPS) is 12.3. The summed E-state index contributed by atoms with van der Waals surface area (Å²) >= 11 is 13.2. The van der Waals surface area contributed by atoms with E-state index < -0.39 is 0 Å². The van der Waals surface area contributed by atoms with Gasteiger partial charge >= 0.3 is 0 Å². The summed E-state index contributed by atoms with van der Waals surface area (Å²) in [6.45, 7) is 1.70. The summed E-state index contributed by atoms with van der Waals surface area (Å²) in [6, 6.07) is 5.27. The van der Waals surface area contributed by atoms with Crippen molar-refractivity contribution in [1.29, 1.82) is 0 Å². The predicted molar refractivity (Wildman–Crippen MR) is 66.2 cm³/mol. The number of nitrogens with one attached hydrogen (secondary N) is 1. The van der Waals surface area contributed by atoms with Gasteiger partial charge in [-0.05, 0) is 25.1 Å². The van der Waals surface area contributed by atoms with Crippen molar-refractivity contribution in [3.63, 3.8) is 0 Å². The highest BCUT2D eigenvalue weighted by Gasteiger charge is 2.10. The molecule has 0 aliphatic rings. The first-order valence-electron chi connectivity index (χ1n) is 3.94. The van der Waals surface area contributed by atoms with Crippen LogP contribution in [0.25, 0.3) is 0 Å². The number of rotatable bonds is 2. The molecule has 1 rings (SSSR count). The summed E-state index contributed by atoms with van der Waals surface area (Å²) < 4.78 is 0.865. The average molecular weight is 295 g/mol. The topological polar surface area (TPSA) is 29.1 Å². The first-order chi connectivity index (χ1) is 6.50. The number of halogens is 2. The molecule has 76 valence electrons. The first kappa shape index (κ1) is 11.9. The molecule has 0 aliphatic heterocycles. The number of amides is 1. The second kappa shape index (κ2) is 5.05. The maximum atomic E-state index is 11.3. The molecule has 1 N–H and O–H groups in total. The summed E-state index contributed by atoms with van der Waals surface area (Å²) in [7, 11) is 0. The number of thiol groups is 1. The Hall–Kier alpha value is -0.190. The van der Waals surface area contributed by atoms with E-state index in [1.165, 1.54) is 0 Å². The highest BCUT2D eigenvalue weighted by atomic mass is 79.9. The van der Waals surface area contributed by atoms with Gasteiger partial charge in [0.25, 0.3) is 0 Å². The van der Waals surface area contributed by atoms with Crippen LogP contribution in [0.15, 0.2) is 22.7 Å². The van der Waals surface area contributed by atoms with Crippen molar-refractivity contribution >= 4 is 51.8 Å². The highest BCUT2D eigenvalue weighted by Crippen LogP contribution is 2.25. The van der Waals surface area contributed by atoms with Crippen LogP contribution in [0, 0.1) is 0 Å². The molecule has 0 aromatic heterocycles. The standard InChI is InChI=1S/C9H9BrClNOS/c1-5(14)9(13)12-8-4-6(10)2-3-7(8)11/h2-5,14H,1H3,(H,12,13). The number of hydrogen-bond donors (Lipinski definition) is 2. The molecule has 2 nitrogen and oxygen atoms in total. The number of carbonyl (C=O) groups excluding carboxylic acids is 1. The van der Waals surface area contributed by atoms with Crippen LogP contribution >= 0.6 is 40.2 Å². The van der Waals surface area contributed by atoms with E-state index in [2.05, 4.69) is 33.9 Å². The maximum Gasteiger partial charge on any atom is 0.236 e. The van der Waals surface area contributed by atoms with E-state index in [0.717, 1.165) is 4.47 Å². The summed E-state index contributed by atoms with van der Waals surface area (Å²) in [5, 5.41) is 2.83. The minimum absolute atomic E-state index is 0.173. The Labute approximate surface area is 102 Å². The van der Waals surface area contributed by atoms with E-state index in [1.807, 2.05) is 6.07 Å². The third-order valence-corrected chi connectivity index (χ3v) is 2.62. The molecule has 1 unspecified atom stereocenters. The molecule has 5 heteroatoms. The van der Waals surface area contributed by atoms with Crippen LogP contribution in [0.2, 0.25) is 5.02 Å². The average Bonchev–Trinajstić information content (AvgIpc) is 2.11. The largest absolute Gasteiger partial charge is 0.324 e. The van der Waals surface area contributed by atoms with E-state index >= 15 is 0 Å². The molecule has 0 radical (unpaired) electrons. The highest BCUT2D eigenvalue weighted by molar-refractivity contribution is 9.10. The molecule has 1 amide bonds. The van der Waals surface area contributed by atoms with Gasteiger partial charge in [0.2, 0.25) is 5.91 Å². The smallest absolute Gasteiger partial charge is 0.236 e. The van der Waals surface area contributed by atoms with Gasteiger partial charge in [-0.2, -0.15) is 12.6 Å². The molecule has 0 saturated heterocycles. The Morgan fingerprint density at radius 3 is 2.86 bits per heavy atom. The van der Waals surface area contributed by atoms with Crippen molar-refractivity contribution in [2.45, 2.75) is 12.2 Å². The van der Waals surface area contributed by atoms with Gasteiger partial charge in [-0.15, -0.1) is 0 Å².